The quantitative estimate of drug-likeness (QED) is 0.875. The molecule has 0 spiro atoms. The van der Waals surface area contributed by atoms with Gasteiger partial charge in [0.2, 0.25) is 0 Å². The number of nitrogens with zero attached hydrogens (tertiary/aromatic N) is 1. The van der Waals surface area contributed by atoms with Crippen LogP contribution in [0.15, 0.2) is 42.6 Å². The first kappa shape index (κ1) is 16.8. The molecular weight excluding hydrogens is 307 g/mol. The van der Waals surface area contributed by atoms with Crippen LogP contribution in [0, 0.1) is 0 Å². The summed E-state index contributed by atoms with van der Waals surface area (Å²) < 4.78 is 38.1. The number of amides is 1. The van der Waals surface area contributed by atoms with Gasteiger partial charge in [0.05, 0.1) is 5.56 Å². The molecule has 122 valence electrons. The number of rotatable bonds is 5. The van der Waals surface area contributed by atoms with Crippen LogP contribution in [0.2, 0.25) is 0 Å². The summed E-state index contributed by atoms with van der Waals surface area (Å²) in [7, 11) is 0. The van der Waals surface area contributed by atoms with Crippen molar-refractivity contribution in [2.75, 3.05) is 11.9 Å². The lowest BCUT2D eigenvalue weighted by Crippen LogP contribution is -2.24. The summed E-state index contributed by atoms with van der Waals surface area (Å²) in [5, 5.41) is 5.54. The lowest BCUT2D eigenvalue weighted by molar-refractivity contribution is -0.137. The molecule has 1 aromatic heterocycles. The van der Waals surface area contributed by atoms with Crippen molar-refractivity contribution in [3.63, 3.8) is 0 Å². The van der Waals surface area contributed by atoms with Gasteiger partial charge in [-0.1, -0.05) is 13.0 Å². The second-order valence-corrected chi connectivity index (χ2v) is 4.89. The van der Waals surface area contributed by atoms with E-state index in [4.69, 9.17) is 0 Å². The summed E-state index contributed by atoms with van der Waals surface area (Å²) in [6, 6.07) is 7.93. The van der Waals surface area contributed by atoms with Crippen LogP contribution in [0.1, 0.15) is 29.4 Å². The number of alkyl halides is 3. The Labute approximate surface area is 131 Å². The number of halogens is 3. The fourth-order valence-electron chi connectivity index (χ4n) is 1.90. The Morgan fingerprint density at radius 1 is 1.17 bits per heavy atom. The maximum atomic E-state index is 12.7. The third kappa shape index (κ3) is 4.70. The van der Waals surface area contributed by atoms with E-state index in [0.29, 0.717) is 12.2 Å². The van der Waals surface area contributed by atoms with Crippen molar-refractivity contribution in [1.29, 1.82) is 0 Å². The minimum absolute atomic E-state index is 0.204. The maximum Gasteiger partial charge on any atom is 0.416 e. The van der Waals surface area contributed by atoms with E-state index in [1.165, 1.54) is 24.4 Å². The first-order valence-corrected chi connectivity index (χ1v) is 7.08. The molecule has 0 aliphatic rings. The van der Waals surface area contributed by atoms with Crippen molar-refractivity contribution < 1.29 is 18.0 Å². The Hall–Kier alpha value is -2.57. The second-order valence-electron chi connectivity index (χ2n) is 4.89. The van der Waals surface area contributed by atoms with Crippen molar-refractivity contribution in [3.8, 4) is 0 Å². The van der Waals surface area contributed by atoms with Gasteiger partial charge in [-0.25, -0.2) is 0 Å². The van der Waals surface area contributed by atoms with Crippen LogP contribution in [-0.2, 0) is 6.18 Å². The third-order valence-corrected chi connectivity index (χ3v) is 3.01. The number of nitrogens with one attached hydrogen (secondary N) is 2. The minimum atomic E-state index is -4.40. The Kier molecular flexibility index (Phi) is 5.20. The number of hydrogen-bond acceptors (Lipinski definition) is 3. The molecule has 0 radical (unpaired) electrons. The van der Waals surface area contributed by atoms with Gasteiger partial charge in [0.15, 0.2) is 0 Å². The Bertz CT molecular complexity index is 686. The number of aromatic nitrogens is 1. The van der Waals surface area contributed by atoms with E-state index in [9.17, 15) is 18.0 Å². The highest BCUT2D eigenvalue weighted by Crippen LogP contribution is 2.31. The highest BCUT2D eigenvalue weighted by molar-refractivity contribution is 5.93. The zero-order valence-corrected chi connectivity index (χ0v) is 12.4. The maximum absolute atomic E-state index is 12.7. The number of anilines is 2. The highest BCUT2D eigenvalue weighted by Gasteiger charge is 2.30. The van der Waals surface area contributed by atoms with E-state index in [1.807, 2.05) is 6.92 Å². The van der Waals surface area contributed by atoms with E-state index in [0.717, 1.165) is 18.6 Å². The summed E-state index contributed by atoms with van der Waals surface area (Å²) in [6.45, 7) is 2.46. The summed E-state index contributed by atoms with van der Waals surface area (Å²) in [6.07, 6.45) is -2.17. The van der Waals surface area contributed by atoms with Gasteiger partial charge in [0.25, 0.3) is 5.91 Å². The Morgan fingerprint density at radius 2 is 1.91 bits per heavy atom. The largest absolute Gasteiger partial charge is 0.416 e. The molecule has 2 N–H and O–H groups in total. The third-order valence-electron chi connectivity index (χ3n) is 3.01. The van der Waals surface area contributed by atoms with Crippen molar-refractivity contribution in [1.82, 2.24) is 10.3 Å². The van der Waals surface area contributed by atoms with E-state index in [2.05, 4.69) is 15.6 Å². The number of benzene rings is 1. The number of pyridine rings is 1. The molecule has 7 heteroatoms. The fourth-order valence-corrected chi connectivity index (χ4v) is 1.90. The normalized spacial score (nSPS) is 11.1. The van der Waals surface area contributed by atoms with Gasteiger partial charge >= 0.3 is 6.18 Å². The smallest absolute Gasteiger partial charge is 0.355 e. The summed E-state index contributed by atoms with van der Waals surface area (Å²) in [5.74, 6) is -0.320. The predicted octanol–water partition coefficient (Wildman–Crippen LogP) is 3.98. The number of carbonyl (C=O) groups excluding carboxylic acids is 1. The van der Waals surface area contributed by atoms with Crippen molar-refractivity contribution >= 4 is 17.3 Å². The topological polar surface area (TPSA) is 54.0 Å². The zero-order valence-electron chi connectivity index (χ0n) is 12.4. The van der Waals surface area contributed by atoms with Crippen LogP contribution in [0.4, 0.5) is 24.5 Å². The minimum Gasteiger partial charge on any atom is -0.355 e. The molecule has 0 saturated carbocycles. The molecule has 23 heavy (non-hydrogen) atoms. The van der Waals surface area contributed by atoms with Crippen LogP contribution >= 0.6 is 0 Å². The van der Waals surface area contributed by atoms with Crippen molar-refractivity contribution in [2.45, 2.75) is 19.5 Å². The van der Waals surface area contributed by atoms with Crippen LogP contribution in [0.5, 0.6) is 0 Å². The average molecular weight is 323 g/mol. The van der Waals surface area contributed by atoms with Gasteiger partial charge < -0.3 is 10.6 Å². The van der Waals surface area contributed by atoms with E-state index >= 15 is 0 Å². The lowest BCUT2D eigenvalue weighted by Gasteiger charge is -2.11. The lowest BCUT2D eigenvalue weighted by atomic mass is 10.2. The van der Waals surface area contributed by atoms with Crippen LogP contribution < -0.4 is 10.6 Å². The van der Waals surface area contributed by atoms with Gasteiger partial charge in [0, 0.05) is 24.1 Å². The SMILES string of the molecule is CCCNC(=O)c1cc(Nc2cccc(C(F)(F)F)c2)ccn1. The van der Waals surface area contributed by atoms with Crippen molar-refractivity contribution in [2.24, 2.45) is 0 Å². The first-order chi connectivity index (χ1) is 10.9. The van der Waals surface area contributed by atoms with Crippen LogP contribution in [0.25, 0.3) is 0 Å². The molecule has 2 aromatic rings. The molecule has 0 aliphatic heterocycles. The predicted molar refractivity (Wildman–Crippen MR) is 81.6 cm³/mol. The number of hydrogen-bond donors (Lipinski definition) is 2. The van der Waals surface area contributed by atoms with E-state index in [1.54, 1.807) is 6.07 Å². The monoisotopic (exact) mass is 323 g/mol. The summed E-state index contributed by atoms with van der Waals surface area (Å²) >= 11 is 0. The molecule has 0 unspecified atom stereocenters. The first-order valence-electron chi connectivity index (χ1n) is 7.08. The van der Waals surface area contributed by atoms with Crippen molar-refractivity contribution in [3.05, 3.63) is 53.9 Å². The molecule has 0 atom stereocenters. The Morgan fingerprint density at radius 3 is 2.61 bits per heavy atom. The molecule has 0 saturated heterocycles. The van der Waals surface area contributed by atoms with Crippen LogP contribution in [-0.4, -0.2) is 17.4 Å². The highest BCUT2D eigenvalue weighted by atomic mass is 19.4. The molecule has 0 aliphatic carbocycles. The molecule has 2 rings (SSSR count). The molecule has 1 amide bonds. The van der Waals surface area contributed by atoms with Crippen LogP contribution in [0.3, 0.4) is 0 Å². The molecule has 4 nitrogen and oxygen atoms in total. The standard InChI is InChI=1S/C16H16F3N3O/c1-2-7-21-15(23)14-10-13(6-8-20-14)22-12-5-3-4-11(9-12)16(17,18)19/h3-6,8-10H,2,7H2,1H3,(H,20,22)(H,21,23). The summed E-state index contributed by atoms with van der Waals surface area (Å²) in [5.41, 5.74) is 0.236. The molecular formula is C16H16F3N3O. The van der Waals surface area contributed by atoms with Gasteiger partial charge in [-0.05, 0) is 36.8 Å². The molecule has 1 aromatic carbocycles. The Balaban J connectivity index is 2.16. The fraction of sp³-hybridized carbons (Fsp3) is 0.250. The molecule has 0 bridgehead atoms. The second kappa shape index (κ2) is 7.13. The van der Waals surface area contributed by atoms with E-state index in [-0.39, 0.29) is 17.3 Å². The van der Waals surface area contributed by atoms with Gasteiger partial charge in [-0.2, -0.15) is 13.2 Å². The summed E-state index contributed by atoms with van der Waals surface area (Å²) in [4.78, 5) is 15.8. The van der Waals surface area contributed by atoms with Gasteiger partial charge in [-0.3, -0.25) is 9.78 Å². The molecule has 1 heterocycles. The van der Waals surface area contributed by atoms with Gasteiger partial charge in [-0.15, -0.1) is 0 Å². The molecule has 0 fully saturated rings. The average Bonchev–Trinajstić information content (AvgIpc) is 2.52. The number of carbonyl (C=O) groups is 1. The van der Waals surface area contributed by atoms with Gasteiger partial charge in [0.1, 0.15) is 5.69 Å². The zero-order chi connectivity index (χ0) is 16.9. The van der Waals surface area contributed by atoms with E-state index < -0.39 is 11.7 Å².